The van der Waals surface area contributed by atoms with Gasteiger partial charge < -0.3 is 9.80 Å². The van der Waals surface area contributed by atoms with Crippen molar-refractivity contribution in [3.63, 3.8) is 0 Å². The number of amides is 2. The van der Waals surface area contributed by atoms with Crippen LogP contribution in [0.15, 0.2) is 30.3 Å². The zero-order valence-electron chi connectivity index (χ0n) is 13.0. The Kier molecular flexibility index (Phi) is 4.76. The molecule has 1 saturated carbocycles. The summed E-state index contributed by atoms with van der Waals surface area (Å²) in [6.45, 7) is 1.64. The largest absolute Gasteiger partial charge is 0.334 e. The van der Waals surface area contributed by atoms with E-state index in [2.05, 4.69) is 12.1 Å². The topological polar surface area (TPSA) is 40.6 Å². The molecule has 0 atom stereocenters. The molecule has 118 valence electrons. The first-order valence-corrected chi connectivity index (χ1v) is 8.35. The molecule has 0 aromatic heterocycles. The van der Waals surface area contributed by atoms with Crippen molar-refractivity contribution in [1.29, 1.82) is 0 Å². The SMILES string of the molecule is O=C1CCCCCN1CC(=O)N(Cc1ccccc1)C1CC1. The molecule has 0 N–H and O–H groups in total. The Morgan fingerprint density at radius 2 is 1.91 bits per heavy atom. The van der Waals surface area contributed by atoms with E-state index in [1.807, 2.05) is 23.1 Å². The lowest BCUT2D eigenvalue weighted by Gasteiger charge is -2.27. The first kappa shape index (κ1) is 15.1. The van der Waals surface area contributed by atoms with Gasteiger partial charge in [-0.15, -0.1) is 0 Å². The number of rotatable bonds is 5. The van der Waals surface area contributed by atoms with Gasteiger partial charge in [0, 0.05) is 25.6 Å². The third kappa shape index (κ3) is 3.87. The Morgan fingerprint density at radius 1 is 1.14 bits per heavy atom. The van der Waals surface area contributed by atoms with Crippen LogP contribution < -0.4 is 0 Å². The second-order valence-corrected chi connectivity index (χ2v) is 6.36. The number of nitrogens with zero attached hydrogens (tertiary/aromatic N) is 2. The highest BCUT2D eigenvalue weighted by Gasteiger charge is 2.33. The van der Waals surface area contributed by atoms with Crippen LogP contribution in [-0.4, -0.2) is 40.7 Å². The molecule has 1 aromatic carbocycles. The van der Waals surface area contributed by atoms with E-state index in [0.717, 1.165) is 44.2 Å². The fraction of sp³-hybridized carbons (Fsp3) is 0.556. The summed E-state index contributed by atoms with van der Waals surface area (Å²) in [6.07, 6.45) is 5.84. The maximum atomic E-state index is 12.7. The Bertz CT molecular complexity index is 525. The van der Waals surface area contributed by atoms with Gasteiger partial charge in [0.2, 0.25) is 11.8 Å². The molecule has 0 unspecified atom stereocenters. The number of hydrogen-bond acceptors (Lipinski definition) is 2. The van der Waals surface area contributed by atoms with Crippen LogP contribution in [0.5, 0.6) is 0 Å². The van der Waals surface area contributed by atoms with E-state index in [0.29, 0.717) is 19.0 Å². The summed E-state index contributed by atoms with van der Waals surface area (Å²) in [6, 6.07) is 10.5. The fourth-order valence-electron chi connectivity index (χ4n) is 3.05. The smallest absolute Gasteiger partial charge is 0.242 e. The van der Waals surface area contributed by atoms with Gasteiger partial charge in [-0.3, -0.25) is 9.59 Å². The molecule has 1 aliphatic carbocycles. The molecular formula is C18H24N2O2. The molecular weight excluding hydrogens is 276 g/mol. The predicted octanol–water partition coefficient (Wildman–Crippen LogP) is 2.58. The van der Waals surface area contributed by atoms with Gasteiger partial charge in [-0.25, -0.2) is 0 Å². The van der Waals surface area contributed by atoms with Crippen LogP contribution in [0.25, 0.3) is 0 Å². The van der Waals surface area contributed by atoms with Gasteiger partial charge in [-0.1, -0.05) is 36.8 Å². The van der Waals surface area contributed by atoms with Gasteiger partial charge >= 0.3 is 0 Å². The molecule has 2 amide bonds. The maximum Gasteiger partial charge on any atom is 0.242 e. The monoisotopic (exact) mass is 300 g/mol. The highest BCUT2D eigenvalue weighted by Crippen LogP contribution is 2.28. The van der Waals surface area contributed by atoms with Crippen molar-refractivity contribution in [3.8, 4) is 0 Å². The summed E-state index contributed by atoms with van der Waals surface area (Å²) < 4.78 is 0. The van der Waals surface area contributed by atoms with Crippen molar-refractivity contribution < 1.29 is 9.59 Å². The number of hydrogen-bond donors (Lipinski definition) is 0. The van der Waals surface area contributed by atoms with Crippen LogP contribution in [0.3, 0.4) is 0 Å². The Hall–Kier alpha value is -1.84. The van der Waals surface area contributed by atoms with Crippen LogP contribution in [0, 0.1) is 0 Å². The Morgan fingerprint density at radius 3 is 2.64 bits per heavy atom. The second kappa shape index (κ2) is 6.95. The summed E-state index contributed by atoms with van der Waals surface area (Å²) in [5, 5.41) is 0. The molecule has 1 aromatic rings. The van der Waals surface area contributed by atoms with E-state index in [9.17, 15) is 9.59 Å². The number of likely N-dealkylation sites (tertiary alicyclic amines) is 1. The van der Waals surface area contributed by atoms with E-state index < -0.39 is 0 Å². The molecule has 4 nitrogen and oxygen atoms in total. The molecule has 22 heavy (non-hydrogen) atoms. The average molecular weight is 300 g/mol. The van der Waals surface area contributed by atoms with Crippen molar-refractivity contribution in [2.75, 3.05) is 13.1 Å². The van der Waals surface area contributed by atoms with E-state index in [1.165, 1.54) is 0 Å². The molecule has 0 bridgehead atoms. The zero-order valence-corrected chi connectivity index (χ0v) is 13.0. The molecule has 2 aliphatic rings. The van der Waals surface area contributed by atoms with Gasteiger partial charge in [0.1, 0.15) is 0 Å². The van der Waals surface area contributed by atoms with Crippen LogP contribution >= 0.6 is 0 Å². The minimum atomic E-state index is 0.0987. The summed E-state index contributed by atoms with van der Waals surface area (Å²) in [4.78, 5) is 28.5. The van der Waals surface area contributed by atoms with Crippen molar-refractivity contribution in [1.82, 2.24) is 9.80 Å². The summed E-state index contributed by atoms with van der Waals surface area (Å²) in [5.41, 5.74) is 1.16. The molecule has 4 heteroatoms. The molecule has 0 spiro atoms. The normalized spacial score (nSPS) is 18.9. The third-order valence-electron chi connectivity index (χ3n) is 4.50. The van der Waals surface area contributed by atoms with Crippen molar-refractivity contribution in [2.24, 2.45) is 0 Å². The van der Waals surface area contributed by atoms with Crippen LogP contribution in [0.2, 0.25) is 0 Å². The number of carbonyl (C=O) groups excluding carboxylic acids is 2. The van der Waals surface area contributed by atoms with E-state index in [4.69, 9.17) is 0 Å². The van der Waals surface area contributed by atoms with E-state index in [1.54, 1.807) is 4.90 Å². The molecule has 2 fully saturated rings. The van der Waals surface area contributed by atoms with Crippen molar-refractivity contribution >= 4 is 11.8 Å². The van der Waals surface area contributed by atoms with Gasteiger partial charge in [0.05, 0.1) is 6.54 Å². The average Bonchev–Trinajstić information content (AvgIpc) is 3.36. The number of carbonyl (C=O) groups is 2. The molecule has 1 heterocycles. The van der Waals surface area contributed by atoms with Crippen LogP contribution in [0.4, 0.5) is 0 Å². The van der Waals surface area contributed by atoms with Crippen LogP contribution in [-0.2, 0) is 16.1 Å². The van der Waals surface area contributed by atoms with Crippen LogP contribution in [0.1, 0.15) is 44.1 Å². The lowest BCUT2D eigenvalue weighted by molar-refractivity contribution is -0.140. The predicted molar refractivity (Wildman–Crippen MR) is 85.1 cm³/mol. The van der Waals surface area contributed by atoms with Crippen molar-refractivity contribution in [3.05, 3.63) is 35.9 Å². The zero-order chi connectivity index (χ0) is 15.4. The Labute approximate surface area is 132 Å². The summed E-state index contributed by atoms with van der Waals surface area (Å²) in [5.74, 6) is 0.239. The minimum absolute atomic E-state index is 0.0987. The minimum Gasteiger partial charge on any atom is -0.334 e. The van der Waals surface area contributed by atoms with Gasteiger partial charge in [-0.2, -0.15) is 0 Å². The van der Waals surface area contributed by atoms with Gasteiger partial charge in [0.15, 0.2) is 0 Å². The lowest BCUT2D eigenvalue weighted by atomic mass is 10.2. The molecule has 3 rings (SSSR count). The summed E-state index contributed by atoms with van der Waals surface area (Å²) >= 11 is 0. The number of benzene rings is 1. The first-order chi connectivity index (χ1) is 10.7. The Balaban J connectivity index is 1.63. The van der Waals surface area contributed by atoms with Crippen molar-refractivity contribution in [2.45, 2.75) is 51.1 Å². The van der Waals surface area contributed by atoms with Gasteiger partial charge in [0.25, 0.3) is 0 Å². The van der Waals surface area contributed by atoms with E-state index in [-0.39, 0.29) is 18.4 Å². The second-order valence-electron chi connectivity index (χ2n) is 6.36. The highest BCUT2D eigenvalue weighted by molar-refractivity contribution is 5.85. The van der Waals surface area contributed by atoms with Gasteiger partial charge in [-0.05, 0) is 31.2 Å². The fourth-order valence-corrected chi connectivity index (χ4v) is 3.05. The summed E-state index contributed by atoms with van der Waals surface area (Å²) in [7, 11) is 0. The molecule has 1 aliphatic heterocycles. The molecule has 1 saturated heterocycles. The quantitative estimate of drug-likeness (QED) is 0.838. The standard InChI is InChI=1S/C18H24N2O2/c21-17-9-5-2-6-12-19(17)14-18(22)20(16-10-11-16)13-15-7-3-1-4-8-15/h1,3-4,7-8,16H,2,5-6,9-14H2. The van der Waals surface area contributed by atoms with E-state index >= 15 is 0 Å². The maximum absolute atomic E-state index is 12.7. The third-order valence-corrected chi connectivity index (χ3v) is 4.50. The highest BCUT2D eigenvalue weighted by atomic mass is 16.2. The lowest BCUT2D eigenvalue weighted by Crippen LogP contribution is -2.43. The first-order valence-electron chi connectivity index (χ1n) is 8.35. The molecule has 0 radical (unpaired) electrons.